The van der Waals surface area contributed by atoms with Crippen molar-refractivity contribution >= 4 is 34.0 Å². The second-order valence-electron chi connectivity index (χ2n) is 6.61. The van der Waals surface area contributed by atoms with Crippen LogP contribution in [-0.2, 0) is 22.4 Å². The maximum absolute atomic E-state index is 12.9. The Kier molecular flexibility index (Phi) is 6.57. The second kappa shape index (κ2) is 9.10. The zero-order valence-electron chi connectivity index (χ0n) is 15.7. The third-order valence-electron chi connectivity index (χ3n) is 4.65. The summed E-state index contributed by atoms with van der Waals surface area (Å²) in [7, 11) is 0. The van der Waals surface area contributed by atoms with Crippen LogP contribution >= 0.6 is 11.3 Å². The fraction of sp³-hybridized carbons (Fsp3) is 0.381. The van der Waals surface area contributed by atoms with Crippen LogP contribution in [0.3, 0.4) is 0 Å². The van der Waals surface area contributed by atoms with Crippen molar-refractivity contribution in [2.24, 2.45) is 0 Å². The van der Waals surface area contributed by atoms with Gasteiger partial charge in [0.05, 0.1) is 12.2 Å². The topological polar surface area (TPSA) is 72.5 Å². The van der Waals surface area contributed by atoms with E-state index in [1.165, 1.54) is 35.6 Å². The van der Waals surface area contributed by atoms with E-state index in [0.29, 0.717) is 16.1 Å². The van der Waals surface area contributed by atoms with E-state index in [-0.39, 0.29) is 31.1 Å². The molecule has 1 aliphatic carbocycles. The summed E-state index contributed by atoms with van der Waals surface area (Å²) in [6.07, 6.45) is 3.77. The van der Waals surface area contributed by atoms with Crippen LogP contribution in [0.15, 0.2) is 24.3 Å². The number of hydrogen-bond acceptors (Lipinski definition) is 5. The molecule has 0 fully saturated rings. The van der Waals surface area contributed by atoms with Crippen LogP contribution < -0.4 is 5.32 Å². The molecule has 1 aliphatic rings. The Morgan fingerprint density at radius 2 is 1.82 bits per heavy atom. The van der Waals surface area contributed by atoms with Gasteiger partial charge in [0.15, 0.2) is 5.78 Å². The highest BCUT2D eigenvalue weighted by Crippen LogP contribution is 2.38. The summed E-state index contributed by atoms with van der Waals surface area (Å²) in [5.41, 5.74) is 1.81. The number of ether oxygens (including phenoxy) is 1. The number of aryl methyl sites for hydroxylation is 1. The Morgan fingerprint density at radius 3 is 2.54 bits per heavy atom. The molecule has 1 heterocycles. The fourth-order valence-corrected chi connectivity index (χ4v) is 4.56. The number of esters is 1. The Morgan fingerprint density at radius 1 is 1.11 bits per heavy atom. The lowest BCUT2D eigenvalue weighted by molar-refractivity contribution is -0.116. The molecule has 1 N–H and O–H groups in total. The largest absolute Gasteiger partial charge is 0.462 e. The summed E-state index contributed by atoms with van der Waals surface area (Å²) < 4.78 is 18.1. The molecule has 1 aromatic carbocycles. The number of carbonyl (C=O) groups excluding carboxylic acids is 3. The SMILES string of the molecule is CCOC(=O)c1c(NC(=O)CCC(=O)c2ccc(F)cc2)sc2c1CCCC2. The van der Waals surface area contributed by atoms with Gasteiger partial charge < -0.3 is 10.1 Å². The van der Waals surface area contributed by atoms with Gasteiger partial charge in [0, 0.05) is 23.3 Å². The van der Waals surface area contributed by atoms with E-state index in [2.05, 4.69) is 5.32 Å². The molecule has 148 valence electrons. The van der Waals surface area contributed by atoms with Crippen LogP contribution in [0.25, 0.3) is 0 Å². The van der Waals surface area contributed by atoms with E-state index in [1.807, 2.05) is 0 Å². The minimum absolute atomic E-state index is 0.0112. The molecule has 1 aromatic heterocycles. The molecular formula is C21H22FNO4S. The molecule has 2 aromatic rings. The van der Waals surface area contributed by atoms with Crippen LogP contribution in [-0.4, -0.2) is 24.3 Å². The van der Waals surface area contributed by atoms with Crippen molar-refractivity contribution in [1.29, 1.82) is 0 Å². The molecule has 28 heavy (non-hydrogen) atoms. The van der Waals surface area contributed by atoms with Gasteiger partial charge in [0.2, 0.25) is 5.91 Å². The van der Waals surface area contributed by atoms with Crippen LogP contribution in [0.5, 0.6) is 0 Å². The number of ketones is 1. The number of benzene rings is 1. The first-order valence-corrected chi connectivity index (χ1v) is 10.2. The lowest BCUT2D eigenvalue weighted by Gasteiger charge is -2.12. The predicted octanol–water partition coefficient (Wildman–Crippen LogP) is 4.54. The second-order valence-corrected chi connectivity index (χ2v) is 7.72. The standard InChI is InChI=1S/C21H22FNO4S/c1-2-27-21(26)19-15-5-3-4-6-17(15)28-20(19)23-18(25)12-11-16(24)13-7-9-14(22)10-8-13/h7-10H,2-6,11-12H2,1H3,(H,23,25). The van der Waals surface area contributed by atoms with Crippen LogP contribution in [0.2, 0.25) is 0 Å². The van der Waals surface area contributed by atoms with Crippen molar-refractivity contribution < 1.29 is 23.5 Å². The number of rotatable bonds is 7. The van der Waals surface area contributed by atoms with Gasteiger partial charge in [-0.15, -0.1) is 11.3 Å². The van der Waals surface area contributed by atoms with E-state index in [0.717, 1.165) is 36.1 Å². The summed E-state index contributed by atoms with van der Waals surface area (Å²) in [5, 5.41) is 3.29. The number of thiophene rings is 1. The molecule has 0 bridgehead atoms. The third kappa shape index (κ3) is 4.65. The van der Waals surface area contributed by atoms with E-state index in [4.69, 9.17) is 4.74 Å². The van der Waals surface area contributed by atoms with Crippen molar-refractivity contribution in [1.82, 2.24) is 0 Å². The Labute approximate surface area is 166 Å². The van der Waals surface area contributed by atoms with E-state index in [9.17, 15) is 18.8 Å². The quantitative estimate of drug-likeness (QED) is 0.544. The normalized spacial score (nSPS) is 12.9. The average Bonchev–Trinajstić information content (AvgIpc) is 3.04. The molecule has 0 atom stereocenters. The number of Topliss-reactive ketones (excluding diaryl/α,β-unsaturated/α-hetero) is 1. The summed E-state index contributed by atoms with van der Waals surface area (Å²) in [6.45, 7) is 2.01. The summed E-state index contributed by atoms with van der Waals surface area (Å²) in [6, 6.07) is 5.24. The molecule has 0 radical (unpaired) electrons. The van der Waals surface area contributed by atoms with Crippen LogP contribution in [0, 0.1) is 5.82 Å². The predicted molar refractivity (Wildman–Crippen MR) is 106 cm³/mol. The van der Waals surface area contributed by atoms with E-state index < -0.39 is 11.8 Å². The number of amides is 1. The molecule has 0 spiro atoms. The first-order chi connectivity index (χ1) is 13.5. The summed E-state index contributed by atoms with van der Waals surface area (Å²) in [4.78, 5) is 38.1. The number of nitrogens with one attached hydrogen (secondary N) is 1. The van der Waals surface area contributed by atoms with Gasteiger partial charge in [0.25, 0.3) is 0 Å². The molecule has 0 saturated heterocycles. The molecule has 7 heteroatoms. The Hall–Kier alpha value is -2.54. The number of anilines is 1. The monoisotopic (exact) mass is 403 g/mol. The number of hydrogen-bond donors (Lipinski definition) is 1. The van der Waals surface area contributed by atoms with Gasteiger partial charge >= 0.3 is 5.97 Å². The maximum Gasteiger partial charge on any atom is 0.341 e. The van der Waals surface area contributed by atoms with Gasteiger partial charge in [0.1, 0.15) is 10.8 Å². The highest BCUT2D eigenvalue weighted by atomic mass is 32.1. The molecule has 0 saturated carbocycles. The van der Waals surface area contributed by atoms with Gasteiger partial charge in [-0.1, -0.05) is 0 Å². The number of fused-ring (bicyclic) bond motifs is 1. The first-order valence-electron chi connectivity index (χ1n) is 9.40. The van der Waals surface area contributed by atoms with Gasteiger partial charge in [-0.05, 0) is 62.4 Å². The molecular weight excluding hydrogens is 381 g/mol. The van der Waals surface area contributed by atoms with E-state index in [1.54, 1.807) is 6.92 Å². The molecule has 1 amide bonds. The molecule has 0 unspecified atom stereocenters. The van der Waals surface area contributed by atoms with Gasteiger partial charge in [-0.3, -0.25) is 9.59 Å². The fourth-order valence-electron chi connectivity index (χ4n) is 3.27. The van der Waals surface area contributed by atoms with Crippen molar-refractivity contribution in [2.45, 2.75) is 45.4 Å². The van der Waals surface area contributed by atoms with Crippen molar-refractivity contribution in [3.05, 3.63) is 51.7 Å². The van der Waals surface area contributed by atoms with Gasteiger partial charge in [-0.2, -0.15) is 0 Å². The maximum atomic E-state index is 12.9. The lowest BCUT2D eigenvalue weighted by Crippen LogP contribution is -2.16. The molecule has 0 aliphatic heterocycles. The minimum atomic E-state index is -0.417. The first kappa shape index (κ1) is 20.2. The van der Waals surface area contributed by atoms with Crippen LogP contribution in [0.1, 0.15) is 63.8 Å². The summed E-state index contributed by atoms with van der Waals surface area (Å²) in [5.74, 6) is -1.40. The summed E-state index contributed by atoms with van der Waals surface area (Å²) >= 11 is 1.42. The number of carbonyl (C=O) groups is 3. The Bertz CT molecular complexity index is 889. The van der Waals surface area contributed by atoms with Gasteiger partial charge in [-0.25, -0.2) is 9.18 Å². The molecule has 5 nitrogen and oxygen atoms in total. The van der Waals surface area contributed by atoms with Crippen LogP contribution in [0.4, 0.5) is 9.39 Å². The highest BCUT2D eigenvalue weighted by Gasteiger charge is 2.27. The smallest absolute Gasteiger partial charge is 0.341 e. The average molecular weight is 403 g/mol. The highest BCUT2D eigenvalue weighted by molar-refractivity contribution is 7.17. The zero-order valence-corrected chi connectivity index (χ0v) is 16.5. The van der Waals surface area contributed by atoms with Crippen molar-refractivity contribution in [2.75, 3.05) is 11.9 Å². The van der Waals surface area contributed by atoms with Crippen molar-refractivity contribution in [3.8, 4) is 0 Å². The molecule has 3 rings (SSSR count). The lowest BCUT2D eigenvalue weighted by atomic mass is 9.95. The van der Waals surface area contributed by atoms with Crippen molar-refractivity contribution in [3.63, 3.8) is 0 Å². The third-order valence-corrected chi connectivity index (χ3v) is 5.86. The number of halogens is 1. The Balaban J connectivity index is 1.68. The minimum Gasteiger partial charge on any atom is -0.462 e. The van der Waals surface area contributed by atoms with E-state index >= 15 is 0 Å². The zero-order chi connectivity index (χ0) is 20.1.